The highest BCUT2D eigenvalue weighted by Crippen LogP contribution is 2.38. The van der Waals surface area contributed by atoms with Gasteiger partial charge in [-0.15, -0.1) is 0 Å². The number of ether oxygens (including phenoxy) is 1. The second-order valence-electron chi connectivity index (χ2n) is 10.7. The fourth-order valence-electron chi connectivity index (χ4n) is 4.40. The molecule has 0 spiro atoms. The predicted molar refractivity (Wildman–Crippen MR) is 162 cm³/mol. The lowest BCUT2D eigenvalue weighted by Crippen LogP contribution is -2.49. The van der Waals surface area contributed by atoms with Crippen molar-refractivity contribution in [3.63, 3.8) is 0 Å². The normalized spacial score (nSPS) is 15.9. The lowest BCUT2D eigenvalue weighted by molar-refractivity contribution is -0.121. The number of hydrogen-bond donors (Lipinski definition) is 3. The molecule has 2 aromatic rings. The SMILES string of the molecule is CCNC(=O)C[C@@H]1N=C(c2ccc(Cl)cc2)c2cc(OC(C)(C)C(C)(C)CNC)ccc2N(C(C)=P)C1=N. The fraction of sp³-hybridized carbons (Fsp3) is 0.448. The van der Waals surface area contributed by atoms with Crippen molar-refractivity contribution in [1.29, 1.82) is 5.41 Å². The largest absolute Gasteiger partial charge is 0.487 e. The van der Waals surface area contributed by atoms with E-state index in [1.54, 1.807) is 4.90 Å². The van der Waals surface area contributed by atoms with Gasteiger partial charge in [0.2, 0.25) is 5.91 Å². The number of rotatable bonds is 10. The van der Waals surface area contributed by atoms with E-state index >= 15 is 0 Å². The standard InChI is InChI=1S/C29H39ClN5O2P/c1-8-33-25(36)16-23-27(31)35(18(2)38)24-14-13-21(37-29(5,6)28(3,4)17-32-7)15-22(24)26(34-23)19-9-11-20(30)12-10-19/h9-15,23,31-32,38H,8,16-17H2,1-7H3,(H,33,36)/t23-/m0/s1. The molecule has 0 radical (unpaired) electrons. The summed E-state index contributed by atoms with van der Waals surface area (Å²) in [4.78, 5) is 19.4. The van der Waals surface area contributed by atoms with E-state index in [0.717, 1.165) is 23.4 Å². The zero-order chi connectivity index (χ0) is 28.3. The van der Waals surface area contributed by atoms with Crippen LogP contribution >= 0.6 is 20.5 Å². The topological polar surface area (TPSA) is 89.8 Å². The Morgan fingerprint density at radius 1 is 1.18 bits per heavy atom. The molecule has 0 fully saturated rings. The highest BCUT2D eigenvalue weighted by Gasteiger charge is 2.39. The van der Waals surface area contributed by atoms with Crippen LogP contribution in [0.15, 0.2) is 47.5 Å². The maximum atomic E-state index is 12.6. The number of amides is 1. The number of amidine groups is 1. The van der Waals surface area contributed by atoms with Crippen LogP contribution in [0.1, 0.15) is 59.1 Å². The Kier molecular flexibility index (Phi) is 9.40. The summed E-state index contributed by atoms with van der Waals surface area (Å²) in [6.07, 6.45) is 0.0579. The number of nitrogens with one attached hydrogen (secondary N) is 3. The average Bonchev–Trinajstić information content (AvgIpc) is 2.94. The Labute approximate surface area is 233 Å². The first-order valence-corrected chi connectivity index (χ1v) is 13.7. The van der Waals surface area contributed by atoms with Crippen molar-refractivity contribution in [2.45, 2.75) is 59.6 Å². The number of fused-ring (bicyclic) bond motifs is 1. The predicted octanol–water partition coefficient (Wildman–Crippen LogP) is 5.57. The highest BCUT2D eigenvalue weighted by atomic mass is 35.5. The van der Waals surface area contributed by atoms with Crippen LogP contribution < -0.4 is 20.3 Å². The highest BCUT2D eigenvalue weighted by molar-refractivity contribution is 7.21. The molecule has 0 bridgehead atoms. The summed E-state index contributed by atoms with van der Waals surface area (Å²) in [5, 5.41) is 15.8. The number of hydrogen-bond acceptors (Lipinski definition) is 5. The van der Waals surface area contributed by atoms with Crippen molar-refractivity contribution in [3.8, 4) is 5.75 Å². The van der Waals surface area contributed by atoms with Gasteiger partial charge in [-0.2, -0.15) is 0 Å². The van der Waals surface area contributed by atoms with E-state index < -0.39 is 11.6 Å². The van der Waals surface area contributed by atoms with E-state index in [-0.39, 0.29) is 23.6 Å². The zero-order valence-corrected chi connectivity index (χ0v) is 25.1. The number of benzodiazepines with no additional fused rings is 1. The summed E-state index contributed by atoms with van der Waals surface area (Å²) < 4.78 is 6.60. The molecule has 3 N–H and O–H groups in total. The molecular weight excluding hydrogens is 517 g/mol. The van der Waals surface area contributed by atoms with Gasteiger partial charge >= 0.3 is 0 Å². The molecule has 1 aliphatic rings. The number of aliphatic imine (C=N–C) groups is 1. The Balaban J connectivity index is 2.21. The quantitative estimate of drug-likeness (QED) is 0.335. The van der Waals surface area contributed by atoms with Gasteiger partial charge in [-0.05, 0) is 65.1 Å². The number of carbonyl (C=O) groups is 1. The van der Waals surface area contributed by atoms with Crippen molar-refractivity contribution in [3.05, 3.63) is 58.6 Å². The maximum absolute atomic E-state index is 12.6. The molecule has 0 saturated heterocycles. The van der Waals surface area contributed by atoms with Gasteiger partial charge in [0.1, 0.15) is 23.2 Å². The van der Waals surface area contributed by atoms with Crippen molar-refractivity contribution in [2.24, 2.45) is 10.4 Å². The smallest absolute Gasteiger partial charge is 0.222 e. The molecule has 38 heavy (non-hydrogen) atoms. The monoisotopic (exact) mass is 555 g/mol. The molecule has 3 rings (SSSR count). The Hall–Kier alpha value is -2.73. The summed E-state index contributed by atoms with van der Waals surface area (Å²) >= 11 is 6.20. The summed E-state index contributed by atoms with van der Waals surface area (Å²) in [6, 6.07) is 12.6. The minimum Gasteiger partial charge on any atom is -0.487 e. The fourth-order valence-corrected chi connectivity index (χ4v) is 4.77. The van der Waals surface area contributed by atoms with Crippen molar-refractivity contribution in [2.75, 3.05) is 25.0 Å². The van der Waals surface area contributed by atoms with E-state index in [2.05, 4.69) is 47.2 Å². The number of halogens is 1. The van der Waals surface area contributed by atoms with Crippen molar-refractivity contribution < 1.29 is 9.53 Å². The van der Waals surface area contributed by atoms with Crippen LogP contribution in [-0.4, -0.2) is 54.7 Å². The third-order valence-corrected chi connectivity index (χ3v) is 7.61. The average molecular weight is 556 g/mol. The van der Waals surface area contributed by atoms with E-state index in [0.29, 0.717) is 28.4 Å². The lowest BCUT2D eigenvalue weighted by Gasteiger charge is -2.41. The van der Waals surface area contributed by atoms with Gasteiger partial charge in [0.25, 0.3) is 0 Å². The van der Waals surface area contributed by atoms with Crippen LogP contribution in [-0.2, 0) is 4.79 Å². The molecule has 0 aliphatic carbocycles. The second-order valence-corrected chi connectivity index (χ2v) is 11.8. The van der Waals surface area contributed by atoms with Crippen LogP contribution in [0.5, 0.6) is 5.75 Å². The molecule has 1 atom stereocenters. The van der Waals surface area contributed by atoms with Gasteiger partial charge in [0.05, 0.1) is 17.8 Å². The summed E-state index contributed by atoms with van der Waals surface area (Å²) in [5.41, 5.74) is 3.15. The molecule has 0 unspecified atom stereocenters. The van der Waals surface area contributed by atoms with Gasteiger partial charge in [-0.1, -0.05) is 46.4 Å². The summed E-state index contributed by atoms with van der Waals surface area (Å²) in [6.45, 7) is 13.6. The first-order valence-electron chi connectivity index (χ1n) is 12.8. The van der Waals surface area contributed by atoms with Crippen LogP contribution in [0.2, 0.25) is 5.02 Å². The Morgan fingerprint density at radius 2 is 1.84 bits per heavy atom. The molecule has 0 saturated carbocycles. The lowest BCUT2D eigenvalue weighted by atomic mass is 9.77. The van der Waals surface area contributed by atoms with Gasteiger partial charge in [-0.25, -0.2) is 0 Å². The summed E-state index contributed by atoms with van der Waals surface area (Å²) in [7, 11) is 5.60. The van der Waals surface area contributed by atoms with Gasteiger partial charge in [0, 0.05) is 40.1 Å². The van der Waals surface area contributed by atoms with E-state index in [9.17, 15) is 4.79 Å². The molecule has 1 aliphatic heterocycles. The molecule has 7 nitrogen and oxygen atoms in total. The Bertz CT molecular complexity index is 1240. The first-order chi connectivity index (χ1) is 17.8. The van der Waals surface area contributed by atoms with E-state index in [1.165, 1.54) is 0 Å². The number of carbonyl (C=O) groups excluding carboxylic acids is 1. The van der Waals surface area contributed by atoms with Crippen LogP contribution in [0.4, 0.5) is 5.69 Å². The maximum Gasteiger partial charge on any atom is 0.222 e. The molecule has 9 heteroatoms. The molecule has 204 valence electrons. The van der Waals surface area contributed by atoms with Gasteiger partial charge in [-0.3, -0.25) is 20.1 Å². The number of nitrogens with zero attached hydrogens (tertiary/aromatic N) is 2. The van der Waals surface area contributed by atoms with E-state index in [4.69, 9.17) is 26.7 Å². The second kappa shape index (κ2) is 12.0. The first kappa shape index (κ1) is 29.8. The van der Waals surface area contributed by atoms with Crippen LogP contribution in [0.25, 0.3) is 0 Å². The summed E-state index contributed by atoms with van der Waals surface area (Å²) in [5.74, 6) is 0.745. The van der Waals surface area contributed by atoms with Gasteiger partial charge in [0.15, 0.2) is 0 Å². The van der Waals surface area contributed by atoms with Gasteiger partial charge < -0.3 is 15.4 Å². The minimum absolute atomic E-state index is 0.0579. The number of benzene rings is 2. The van der Waals surface area contributed by atoms with E-state index in [1.807, 2.05) is 63.4 Å². The Morgan fingerprint density at radius 3 is 2.42 bits per heavy atom. The third-order valence-electron chi connectivity index (χ3n) is 7.13. The molecular formula is C29H39ClN5O2P. The molecule has 1 heterocycles. The van der Waals surface area contributed by atoms with Crippen molar-refractivity contribution >= 4 is 49.0 Å². The molecule has 1 amide bonds. The van der Waals surface area contributed by atoms with Crippen molar-refractivity contribution in [1.82, 2.24) is 10.6 Å². The zero-order valence-electron chi connectivity index (χ0n) is 23.3. The minimum atomic E-state index is -0.693. The van der Waals surface area contributed by atoms with Crippen LogP contribution in [0, 0.1) is 10.8 Å². The number of anilines is 1. The molecule has 2 aromatic carbocycles. The van der Waals surface area contributed by atoms with Crippen LogP contribution in [0.3, 0.4) is 0 Å². The molecule has 0 aromatic heterocycles. The third kappa shape index (κ3) is 6.45.